The molecule has 4 amide bonds. The van der Waals surface area contributed by atoms with Crippen molar-refractivity contribution in [2.24, 2.45) is 0 Å². The van der Waals surface area contributed by atoms with Gasteiger partial charge in [0.2, 0.25) is 23.6 Å². The molecule has 1 aliphatic heterocycles. The Bertz CT molecular complexity index is 1260. The molecule has 10 nitrogen and oxygen atoms in total. The van der Waals surface area contributed by atoms with Crippen LogP contribution in [0.5, 0.6) is 0 Å². The summed E-state index contributed by atoms with van der Waals surface area (Å²) >= 11 is 0. The van der Waals surface area contributed by atoms with E-state index in [-0.39, 0.29) is 24.3 Å². The molecule has 5 aliphatic rings. The molecule has 232 valence electrons. The summed E-state index contributed by atoms with van der Waals surface area (Å²) < 4.78 is 5.89. The monoisotopic (exact) mass is 592 g/mol. The Kier molecular flexibility index (Phi) is 7.98. The first-order valence-electron chi connectivity index (χ1n) is 16.2. The van der Waals surface area contributed by atoms with Gasteiger partial charge in [-0.3, -0.25) is 19.2 Å². The number of nitrogens with one attached hydrogen (secondary N) is 4. The summed E-state index contributed by atoms with van der Waals surface area (Å²) in [5.74, 6) is -2.88. The minimum Gasteiger partial charge on any atom is -0.463 e. The SMILES string of the molecule is O=C1NC2(CCCC2)C(=O)NC2(CCCC2)C(=O)NC2(CCCC2)C(=O)NC2(CCCC2)C(=O)OCC1c1ccccc1. The first kappa shape index (κ1) is 29.6. The zero-order valence-electron chi connectivity index (χ0n) is 24.9. The topological polar surface area (TPSA) is 143 Å². The maximum Gasteiger partial charge on any atom is 0.331 e. The number of carbonyl (C=O) groups excluding carboxylic acids is 5. The number of hydrogen-bond acceptors (Lipinski definition) is 6. The molecular weight excluding hydrogens is 548 g/mol. The number of hydrogen-bond donors (Lipinski definition) is 4. The molecule has 0 bridgehead atoms. The van der Waals surface area contributed by atoms with Crippen molar-refractivity contribution in [2.45, 2.75) is 131 Å². The summed E-state index contributed by atoms with van der Waals surface area (Å²) in [6.45, 7) is -0.212. The van der Waals surface area contributed by atoms with Crippen LogP contribution >= 0.6 is 0 Å². The highest BCUT2D eigenvalue weighted by Crippen LogP contribution is 2.39. The van der Waals surface area contributed by atoms with Crippen LogP contribution in [0.1, 0.15) is 114 Å². The lowest BCUT2D eigenvalue weighted by atomic mass is 9.87. The molecule has 4 spiro atoms. The number of carbonyl (C=O) groups is 5. The first-order chi connectivity index (χ1) is 20.7. The zero-order valence-corrected chi connectivity index (χ0v) is 24.9. The van der Waals surface area contributed by atoms with Crippen LogP contribution in [0.25, 0.3) is 0 Å². The molecule has 1 aromatic rings. The molecule has 0 radical (unpaired) electrons. The molecule has 1 heterocycles. The Morgan fingerprint density at radius 1 is 0.512 bits per heavy atom. The average Bonchev–Trinajstić information content (AvgIpc) is 3.82. The lowest BCUT2D eigenvalue weighted by molar-refractivity contribution is -0.156. The normalized spacial score (nSPS) is 28.6. The van der Waals surface area contributed by atoms with E-state index in [0.29, 0.717) is 56.9 Å². The fourth-order valence-electron chi connectivity index (χ4n) is 8.16. The molecule has 10 heteroatoms. The lowest BCUT2D eigenvalue weighted by Crippen LogP contribution is -2.70. The number of cyclic esters (lactones) is 1. The van der Waals surface area contributed by atoms with Crippen molar-refractivity contribution in [3.8, 4) is 0 Å². The predicted octanol–water partition coefficient (Wildman–Crippen LogP) is 3.04. The smallest absolute Gasteiger partial charge is 0.331 e. The molecule has 0 aromatic heterocycles. The van der Waals surface area contributed by atoms with Crippen molar-refractivity contribution in [1.29, 1.82) is 0 Å². The van der Waals surface area contributed by atoms with Crippen molar-refractivity contribution in [2.75, 3.05) is 6.61 Å². The Hall–Kier alpha value is -3.43. The van der Waals surface area contributed by atoms with E-state index in [9.17, 15) is 24.0 Å². The molecule has 4 N–H and O–H groups in total. The van der Waals surface area contributed by atoms with Crippen LogP contribution in [0, 0.1) is 0 Å². The number of amides is 4. The van der Waals surface area contributed by atoms with E-state index in [4.69, 9.17) is 4.74 Å². The second kappa shape index (κ2) is 11.6. The third-order valence-corrected chi connectivity index (χ3v) is 10.8. The maximum atomic E-state index is 14.2. The maximum absolute atomic E-state index is 14.2. The summed E-state index contributed by atoms with van der Waals surface area (Å²) in [5, 5.41) is 12.4. The van der Waals surface area contributed by atoms with E-state index < -0.39 is 40.0 Å². The van der Waals surface area contributed by atoms with Gasteiger partial charge >= 0.3 is 5.97 Å². The summed E-state index contributed by atoms with van der Waals surface area (Å²) in [6.07, 6.45) is 9.82. The van der Waals surface area contributed by atoms with Gasteiger partial charge in [0, 0.05) is 0 Å². The average molecular weight is 593 g/mol. The van der Waals surface area contributed by atoms with Gasteiger partial charge in [0.25, 0.3) is 0 Å². The van der Waals surface area contributed by atoms with Crippen LogP contribution in [0.3, 0.4) is 0 Å². The highest BCUT2D eigenvalue weighted by molar-refractivity contribution is 6.01. The van der Waals surface area contributed by atoms with Gasteiger partial charge in [0.1, 0.15) is 28.8 Å². The van der Waals surface area contributed by atoms with Gasteiger partial charge in [0.05, 0.1) is 5.92 Å². The number of esters is 1. The van der Waals surface area contributed by atoms with Gasteiger partial charge in [-0.25, -0.2) is 4.79 Å². The lowest BCUT2D eigenvalue weighted by Gasteiger charge is -2.40. The van der Waals surface area contributed by atoms with Gasteiger partial charge in [-0.05, 0) is 56.9 Å². The number of benzene rings is 1. The largest absolute Gasteiger partial charge is 0.463 e. The van der Waals surface area contributed by atoms with E-state index >= 15 is 0 Å². The van der Waals surface area contributed by atoms with Crippen LogP contribution in [-0.2, 0) is 28.7 Å². The highest BCUT2D eigenvalue weighted by Gasteiger charge is 2.54. The van der Waals surface area contributed by atoms with Crippen molar-refractivity contribution in [1.82, 2.24) is 21.3 Å². The predicted molar refractivity (Wildman–Crippen MR) is 158 cm³/mol. The van der Waals surface area contributed by atoms with Crippen LogP contribution in [0.2, 0.25) is 0 Å². The van der Waals surface area contributed by atoms with Gasteiger partial charge in [0.15, 0.2) is 0 Å². The molecule has 1 atom stereocenters. The van der Waals surface area contributed by atoms with Gasteiger partial charge in [-0.15, -0.1) is 0 Å². The van der Waals surface area contributed by atoms with E-state index in [2.05, 4.69) is 21.3 Å². The van der Waals surface area contributed by atoms with Crippen LogP contribution in [-0.4, -0.2) is 58.4 Å². The van der Waals surface area contributed by atoms with Gasteiger partial charge in [-0.1, -0.05) is 81.7 Å². The van der Waals surface area contributed by atoms with Crippen molar-refractivity contribution >= 4 is 29.6 Å². The van der Waals surface area contributed by atoms with Crippen molar-refractivity contribution < 1.29 is 28.7 Å². The zero-order chi connectivity index (χ0) is 30.1. The molecule has 43 heavy (non-hydrogen) atoms. The van der Waals surface area contributed by atoms with E-state index in [0.717, 1.165) is 51.4 Å². The fraction of sp³-hybridized carbons (Fsp3) is 0.667. The Labute approximate surface area is 252 Å². The quantitative estimate of drug-likeness (QED) is 0.369. The molecule has 1 aromatic carbocycles. The summed E-state index contributed by atoms with van der Waals surface area (Å²) in [6, 6.07) is 9.12. The molecule has 6 rings (SSSR count). The Balaban J connectivity index is 1.41. The second-order valence-electron chi connectivity index (χ2n) is 13.6. The molecule has 1 saturated heterocycles. The molecule has 4 saturated carbocycles. The molecule has 4 aliphatic carbocycles. The van der Waals surface area contributed by atoms with Crippen LogP contribution in [0.4, 0.5) is 0 Å². The Morgan fingerprint density at radius 2 is 0.884 bits per heavy atom. The summed E-state index contributed by atoms with van der Waals surface area (Å²) in [7, 11) is 0. The highest BCUT2D eigenvalue weighted by atomic mass is 16.5. The third kappa shape index (κ3) is 5.42. The second-order valence-corrected chi connectivity index (χ2v) is 13.6. The van der Waals surface area contributed by atoms with E-state index in [1.807, 2.05) is 30.3 Å². The van der Waals surface area contributed by atoms with E-state index in [1.54, 1.807) is 0 Å². The standard InChI is InChI=1S/C33H44N4O6/c38-25-24(23-12-2-1-3-13-23)22-43-29(42)33(20-10-11-21-33)37-28(41)32(18-8-9-19-32)36-27(40)31(16-6-7-17-31)35-26(39)30(34-25)14-4-5-15-30/h1-3,12-13,24H,4-11,14-22H2,(H,34,38)(H,35,39)(H,36,40)(H,37,41). The fourth-order valence-corrected chi connectivity index (χ4v) is 8.16. The third-order valence-electron chi connectivity index (χ3n) is 10.8. The summed E-state index contributed by atoms with van der Waals surface area (Å²) in [4.78, 5) is 70.3. The number of ether oxygens (including phenoxy) is 1. The van der Waals surface area contributed by atoms with Crippen molar-refractivity contribution in [3.63, 3.8) is 0 Å². The van der Waals surface area contributed by atoms with Crippen molar-refractivity contribution in [3.05, 3.63) is 35.9 Å². The molecule has 1 unspecified atom stereocenters. The molecular formula is C33H44N4O6. The number of rotatable bonds is 1. The minimum atomic E-state index is -1.21. The molecule has 5 fully saturated rings. The summed E-state index contributed by atoms with van der Waals surface area (Å²) in [5.41, 5.74) is -4.03. The van der Waals surface area contributed by atoms with Crippen LogP contribution < -0.4 is 21.3 Å². The first-order valence-corrected chi connectivity index (χ1v) is 16.2. The van der Waals surface area contributed by atoms with Gasteiger partial charge in [-0.2, -0.15) is 0 Å². The van der Waals surface area contributed by atoms with Gasteiger partial charge < -0.3 is 26.0 Å². The minimum absolute atomic E-state index is 0.212. The Morgan fingerprint density at radius 3 is 1.33 bits per heavy atom. The van der Waals surface area contributed by atoms with Crippen LogP contribution in [0.15, 0.2) is 30.3 Å². The van der Waals surface area contributed by atoms with E-state index in [1.165, 1.54) is 0 Å².